The van der Waals surface area contributed by atoms with E-state index >= 15 is 0 Å². The molecule has 1 aromatic rings. The van der Waals surface area contributed by atoms with E-state index in [4.69, 9.17) is 5.73 Å². The first-order valence-corrected chi connectivity index (χ1v) is 6.00. The molecule has 4 heteroatoms. The quantitative estimate of drug-likeness (QED) is 0.719. The number of nitrogens with two attached hydrogens (primary N) is 1. The number of anilines is 2. The maximum absolute atomic E-state index is 5.80. The molecule has 1 aromatic heterocycles. The number of nitrogens with zero attached hydrogens (tertiary/aromatic N) is 1. The Hall–Kier alpha value is -1.29. The normalized spacial score (nSPS) is 20.6. The number of piperidine rings is 1. The van der Waals surface area contributed by atoms with E-state index in [0.29, 0.717) is 0 Å². The zero-order chi connectivity index (χ0) is 11.2. The van der Waals surface area contributed by atoms with Crippen molar-refractivity contribution in [3.05, 3.63) is 18.5 Å². The Bertz CT molecular complexity index is 321. The van der Waals surface area contributed by atoms with Crippen molar-refractivity contribution in [2.75, 3.05) is 30.7 Å². The minimum absolute atomic E-state index is 0.726. The Morgan fingerprint density at radius 3 is 3.25 bits per heavy atom. The van der Waals surface area contributed by atoms with Crippen molar-refractivity contribution in [1.82, 2.24) is 10.3 Å². The standard InChI is InChI=1S/C12H20N4/c13-11-9-15-6-4-12(11)16-7-3-10-2-1-5-14-8-10/h4,6,9-10,14H,1-3,5,7-8,13H2,(H,15,16). The fraction of sp³-hybridized carbons (Fsp3) is 0.583. The van der Waals surface area contributed by atoms with Gasteiger partial charge in [0.1, 0.15) is 0 Å². The first-order valence-electron chi connectivity index (χ1n) is 6.00. The van der Waals surface area contributed by atoms with Gasteiger partial charge in [-0.15, -0.1) is 0 Å². The number of nitrogen functional groups attached to an aromatic ring is 1. The van der Waals surface area contributed by atoms with Gasteiger partial charge in [0.25, 0.3) is 0 Å². The summed E-state index contributed by atoms with van der Waals surface area (Å²) in [7, 11) is 0. The van der Waals surface area contributed by atoms with Crippen LogP contribution in [0, 0.1) is 5.92 Å². The summed E-state index contributed by atoms with van der Waals surface area (Å²) in [5.41, 5.74) is 7.53. The molecule has 2 rings (SSSR count). The van der Waals surface area contributed by atoms with Crippen LogP contribution in [-0.2, 0) is 0 Å². The van der Waals surface area contributed by atoms with E-state index in [1.807, 2.05) is 6.07 Å². The predicted octanol–water partition coefficient (Wildman–Crippen LogP) is 1.47. The largest absolute Gasteiger partial charge is 0.396 e. The lowest BCUT2D eigenvalue weighted by Crippen LogP contribution is -2.30. The lowest BCUT2D eigenvalue weighted by molar-refractivity contribution is 0.364. The summed E-state index contributed by atoms with van der Waals surface area (Å²) in [5.74, 6) is 0.810. The number of nitrogens with one attached hydrogen (secondary N) is 2. The van der Waals surface area contributed by atoms with E-state index in [9.17, 15) is 0 Å². The first kappa shape index (κ1) is 11.2. The van der Waals surface area contributed by atoms with Gasteiger partial charge in [-0.3, -0.25) is 4.98 Å². The van der Waals surface area contributed by atoms with Crippen molar-refractivity contribution in [3.8, 4) is 0 Å². The van der Waals surface area contributed by atoms with E-state index in [2.05, 4.69) is 15.6 Å². The van der Waals surface area contributed by atoms with Gasteiger partial charge in [0.15, 0.2) is 0 Å². The highest BCUT2D eigenvalue weighted by molar-refractivity contribution is 5.64. The topological polar surface area (TPSA) is 63.0 Å². The van der Waals surface area contributed by atoms with Crippen molar-refractivity contribution >= 4 is 11.4 Å². The molecule has 1 unspecified atom stereocenters. The Kier molecular flexibility index (Phi) is 3.99. The van der Waals surface area contributed by atoms with Crippen LogP contribution in [0.2, 0.25) is 0 Å². The fourth-order valence-electron chi connectivity index (χ4n) is 2.15. The molecule has 0 bridgehead atoms. The zero-order valence-corrected chi connectivity index (χ0v) is 9.58. The van der Waals surface area contributed by atoms with E-state index in [1.165, 1.54) is 25.8 Å². The molecule has 1 fully saturated rings. The maximum Gasteiger partial charge on any atom is 0.0736 e. The van der Waals surface area contributed by atoms with Crippen LogP contribution in [0.4, 0.5) is 11.4 Å². The number of aromatic nitrogens is 1. The van der Waals surface area contributed by atoms with Gasteiger partial charge in [0.2, 0.25) is 0 Å². The van der Waals surface area contributed by atoms with Crippen LogP contribution in [0.3, 0.4) is 0 Å². The van der Waals surface area contributed by atoms with Gasteiger partial charge in [-0.2, -0.15) is 0 Å². The molecule has 0 aliphatic carbocycles. The smallest absolute Gasteiger partial charge is 0.0736 e. The molecule has 4 nitrogen and oxygen atoms in total. The van der Waals surface area contributed by atoms with Gasteiger partial charge < -0.3 is 16.4 Å². The Morgan fingerprint density at radius 2 is 2.50 bits per heavy atom. The number of rotatable bonds is 4. The van der Waals surface area contributed by atoms with Crippen LogP contribution in [0.15, 0.2) is 18.5 Å². The fourth-order valence-corrected chi connectivity index (χ4v) is 2.15. The summed E-state index contributed by atoms with van der Waals surface area (Å²) in [5, 5.41) is 6.80. The average molecular weight is 220 g/mol. The highest BCUT2D eigenvalue weighted by Gasteiger charge is 2.12. The zero-order valence-electron chi connectivity index (χ0n) is 9.58. The minimum atomic E-state index is 0.726. The molecule has 2 heterocycles. The molecule has 1 saturated heterocycles. The molecule has 0 amide bonds. The van der Waals surface area contributed by atoms with Gasteiger partial charge in [-0.1, -0.05) is 0 Å². The van der Waals surface area contributed by atoms with Crippen molar-refractivity contribution in [3.63, 3.8) is 0 Å². The second kappa shape index (κ2) is 5.70. The Morgan fingerprint density at radius 1 is 1.56 bits per heavy atom. The molecule has 16 heavy (non-hydrogen) atoms. The van der Waals surface area contributed by atoms with Gasteiger partial charge in [0, 0.05) is 12.7 Å². The van der Waals surface area contributed by atoms with Gasteiger partial charge in [-0.25, -0.2) is 0 Å². The monoisotopic (exact) mass is 220 g/mol. The summed E-state index contributed by atoms with van der Waals surface area (Å²) in [6.45, 7) is 3.33. The number of hydrogen-bond donors (Lipinski definition) is 3. The predicted molar refractivity (Wildman–Crippen MR) is 67.3 cm³/mol. The van der Waals surface area contributed by atoms with Crippen LogP contribution in [0.5, 0.6) is 0 Å². The van der Waals surface area contributed by atoms with Gasteiger partial charge in [-0.05, 0) is 44.3 Å². The van der Waals surface area contributed by atoms with E-state index in [0.717, 1.165) is 30.4 Å². The van der Waals surface area contributed by atoms with Crippen LogP contribution >= 0.6 is 0 Å². The van der Waals surface area contributed by atoms with Crippen LogP contribution < -0.4 is 16.4 Å². The molecule has 4 N–H and O–H groups in total. The second-order valence-electron chi connectivity index (χ2n) is 4.39. The highest BCUT2D eigenvalue weighted by Crippen LogP contribution is 2.17. The third kappa shape index (κ3) is 3.10. The summed E-state index contributed by atoms with van der Waals surface area (Å²) in [4.78, 5) is 3.97. The molecule has 0 radical (unpaired) electrons. The molecule has 1 atom stereocenters. The van der Waals surface area contributed by atoms with Crippen molar-refractivity contribution in [2.24, 2.45) is 5.92 Å². The van der Waals surface area contributed by atoms with E-state index < -0.39 is 0 Å². The number of pyridine rings is 1. The molecular weight excluding hydrogens is 200 g/mol. The average Bonchev–Trinajstić information content (AvgIpc) is 2.33. The molecule has 1 aliphatic heterocycles. The summed E-state index contributed by atoms with van der Waals surface area (Å²) < 4.78 is 0. The molecular formula is C12H20N4. The third-order valence-corrected chi connectivity index (χ3v) is 3.12. The van der Waals surface area contributed by atoms with Crippen molar-refractivity contribution in [2.45, 2.75) is 19.3 Å². The molecule has 0 saturated carbocycles. The summed E-state index contributed by atoms with van der Waals surface area (Å²) in [6.07, 6.45) is 7.31. The maximum atomic E-state index is 5.80. The Balaban J connectivity index is 1.73. The van der Waals surface area contributed by atoms with Gasteiger partial charge >= 0.3 is 0 Å². The van der Waals surface area contributed by atoms with Crippen molar-refractivity contribution in [1.29, 1.82) is 0 Å². The minimum Gasteiger partial charge on any atom is -0.396 e. The van der Waals surface area contributed by atoms with Crippen LogP contribution in [0.25, 0.3) is 0 Å². The lowest BCUT2D eigenvalue weighted by atomic mass is 9.96. The van der Waals surface area contributed by atoms with E-state index in [-0.39, 0.29) is 0 Å². The number of hydrogen-bond acceptors (Lipinski definition) is 4. The molecule has 0 aromatic carbocycles. The SMILES string of the molecule is Nc1cnccc1NCCC1CCCNC1. The molecule has 1 aliphatic rings. The first-order chi connectivity index (χ1) is 7.86. The second-order valence-corrected chi connectivity index (χ2v) is 4.39. The van der Waals surface area contributed by atoms with Crippen LogP contribution in [0.1, 0.15) is 19.3 Å². The van der Waals surface area contributed by atoms with E-state index in [1.54, 1.807) is 12.4 Å². The lowest BCUT2D eigenvalue weighted by Gasteiger charge is -2.22. The highest BCUT2D eigenvalue weighted by atomic mass is 14.9. The van der Waals surface area contributed by atoms with Gasteiger partial charge in [0.05, 0.1) is 17.6 Å². The molecule has 0 spiro atoms. The third-order valence-electron chi connectivity index (χ3n) is 3.12. The van der Waals surface area contributed by atoms with Crippen LogP contribution in [-0.4, -0.2) is 24.6 Å². The summed E-state index contributed by atoms with van der Waals surface area (Å²) in [6, 6.07) is 1.93. The molecule has 88 valence electrons. The van der Waals surface area contributed by atoms with Crippen molar-refractivity contribution < 1.29 is 0 Å². The Labute approximate surface area is 96.6 Å². The summed E-state index contributed by atoms with van der Waals surface area (Å²) >= 11 is 0.